The lowest BCUT2D eigenvalue weighted by Gasteiger charge is -2.33. The normalized spacial score (nSPS) is 16.0. The van der Waals surface area contributed by atoms with E-state index in [1.54, 1.807) is 24.3 Å². The number of nitrogens with one attached hydrogen (secondary N) is 1. The summed E-state index contributed by atoms with van der Waals surface area (Å²) in [5, 5.41) is 15.4. The zero-order chi connectivity index (χ0) is 22.3. The predicted molar refractivity (Wildman–Crippen MR) is 122 cm³/mol. The van der Waals surface area contributed by atoms with Gasteiger partial charge in [0.2, 0.25) is 11.7 Å². The Morgan fingerprint density at radius 1 is 1.06 bits per heavy atom. The fraction of sp³-hybridized carbons (Fsp3) is 0.375. The van der Waals surface area contributed by atoms with Gasteiger partial charge in [-0.15, -0.1) is 10.2 Å². The molecule has 8 nitrogen and oxygen atoms in total. The summed E-state index contributed by atoms with van der Waals surface area (Å²) in [6, 6.07) is 17.1. The van der Waals surface area contributed by atoms with Crippen molar-refractivity contribution in [2.75, 3.05) is 11.9 Å². The van der Waals surface area contributed by atoms with Crippen molar-refractivity contribution < 1.29 is 9.59 Å². The van der Waals surface area contributed by atoms with Gasteiger partial charge in [0.05, 0.1) is 6.54 Å². The maximum atomic E-state index is 12.7. The van der Waals surface area contributed by atoms with Gasteiger partial charge in [0, 0.05) is 35.8 Å². The summed E-state index contributed by atoms with van der Waals surface area (Å²) in [5.74, 6) is 0.547. The predicted octanol–water partition coefficient (Wildman–Crippen LogP) is 3.77. The van der Waals surface area contributed by atoms with Crippen LogP contribution in [0.4, 0.5) is 5.69 Å². The molecule has 1 aliphatic rings. The Labute approximate surface area is 187 Å². The highest BCUT2D eigenvalue weighted by Gasteiger charge is 2.24. The van der Waals surface area contributed by atoms with E-state index < -0.39 is 0 Å². The van der Waals surface area contributed by atoms with E-state index >= 15 is 0 Å². The van der Waals surface area contributed by atoms with E-state index in [2.05, 4.69) is 27.7 Å². The minimum absolute atomic E-state index is 0.0604. The molecule has 0 radical (unpaired) electrons. The molecule has 2 aromatic carbocycles. The average Bonchev–Trinajstić information content (AvgIpc) is 3.29. The molecule has 3 aromatic rings. The molecule has 0 aliphatic carbocycles. The second kappa shape index (κ2) is 10.2. The van der Waals surface area contributed by atoms with Gasteiger partial charge < -0.3 is 10.2 Å². The number of likely N-dealkylation sites (tertiary alicyclic amines) is 1. The zero-order valence-electron chi connectivity index (χ0n) is 18.3. The Hall–Kier alpha value is -3.55. The molecule has 1 atom stereocenters. The van der Waals surface area contributed by atoms with Crippen LogP contribution in [0.5, 0.6) is 0 Å². The smallest absolute Gasteiger partial charge is 0.254 e. The van der Waals surface area contributed by atoms with Crippen LogP contribution in [0.15, 0.2) is 54.6 Å². The van der Waals surface area contributed by atoms with Gasteiger partial charge in [-0.05, 0) is 62.1 Å². The van der Waals surface area contributed by atoms with E-state index in [0.717, 1.165) is 24.9 Å². The molecule has 0 saturated carbocycles. The monoisotopic (exact) mass is 432 g/mol. The van der Waals surface area contributed by atoms with Gasteiger partial charge in [-0.2, -0.15) is 4.80 Å². The molecule has 2 amide bonds. The number of tetrazole rings is 1. The quantitative estimate of drug-likeness (QED) is 0.613. The van der Waals surface area contributed by atoms with E-state index in [4.69, 9.17) is 0 Å². The van der Waals surface area contributed by atoms with Crippen molar-refractivity contribution in [1.82, 2.24) is 25.1 Å². The van der Waals surface area contributed by atoms with Crippen molar-refractivity contribution >= 4 is 17.5 Å². The van der Waals surface area contributed by atoms with Crippen LogP contribution >= 0.6 is 0 Å². The number of aryl methyl sites for hydroxylation is 1. The maximum absolute atomic E-state index is 12.7. The lowest BCUT2D eigenvalue weighted by molar-refractivity contribution is -0.116. The van der Waals surface area contributed by atoms with Crippen LogP contribution in [0, 0.1) is 0 Å². The maximum Gasteiger partial charge on any atom is 0.254 e. The van der Waals surface area contributed by atoms with Gasteiger partial charge in [0.1, 0.15) is 0 Å². The Bertz CT molecular complexity index is 1050. The van der Waals surface area contributed by atoms with Crippen molar-refractivity contribution in [3.8, 4) is 11.4 Å². The van der Waals surface area contributed by atoms with Crippen molar-refractivity contribution in [1.29, 1.82) is 0 Å². The number of anilines is 1. The van der Waals surface area contributed by atoms with E-state index in [9.17, 15) is 9.59 Å². The number of amides is 2. The molecule has 1 N–H and O–H groups in total. The molecule has 1 saturated heterocycles. The number of hydrogen-bond acceptors (Lipinski definition) is 5. The first-order valence-electron chi connectivity index (χ1n) is 11.1. The molecule has 1 aliphatic heterocycles. The van der Waals surface area contributed by atoms with Crippen molar-refractivity contribution in [2.24, 2.45) is 0 Å². The highest BCUT2D eigenvalue weighted by molar-refractivity contribution is 5.96. The van der Waals surface area contributed by atoms with E-state index in [-0.39, 0.29) is 17.9 Å². The fourth-order valence-electron chi connectivity index (χ4n) is 3.91. The van der Waals surface area contributed by atoms with Crippen LogP contribution < -0.4 is 5.32 Å². The summed E-state index contributed by atoms with van der Waals surface area (Å²) < 4.78 is 0. The van der Waals surface area contributed by atoms with Crippen LogP contribution in [-0.4, -0.2) is 49.5 Å². The summed E-state index contributed by atoms with van der Waals surface area (Å²) in [6.45, 7) is 3.42. The first-order chi connectivity index (χ1) is 15.6. The zero-order valence-corrected chi connectivity index (χ0v) is 18.3. The molecule has 0 bridgehead atoms. The van der Waals surface area contributed by atoms with Crippen molar-refractivity contribution in [3.05, 3.63) is 60.2 Å². The van der Waals surface area contributed by atoms with Crippen LogP contribution in [0.1, 0.15) is 49.4 Å². The average molecular weight is 433 g/mol. The fourth-order valence-corrected chi connectivity index (χ4v) is 3.91. The molecule has 1 fully saturated rings. The van der Waals surface area contributed by atoms with Crippen LogP contribution in [0.25, 0.3) is 11.4 Å². The molecule has 2 heterocycles. The van der Waals surface area contributed by atoms with Crippen LogP contribution in [-0.2, 0) is 11.3 Å². The first kappa shape index (κ1) is 21.7. The Morgan fingerprint density at radius 2 is 1.84 bits per heavy atom. The van der Waals surface area contributed by atoms with Crippen LogP contribution in [0.2, 0.25) is 0 Å². The topological polar surface area (TPSA) is 93.0 Å². The number of rotatable bonds is 7. The number of carbonyl (C=O) groups is 2. The number of aromatic nitrogens is 4. The molecular weight excluding hydrogens is 404 g/mol. The standard InChI is InChI=1S/C24H28N6O2/c1-18-8-5-6-16-29(18)24(32)20-12-14-21(15-13-20)25-22(31)11-7-17-30-27-23(26-28-30)19-9-3-2-4-10-19/h2-4,9-10,12-15,18H,5-8,11,16-17H2,1H3,(H,25,31). The summed E-state index contributed by atoms with van der Waals surface area (Å²) in [6.07, 6.45) is 4.23. The highest BCUT2D eigenvalue weighted by atomic mass is 16.2. The highest BCUT2D eigenvalue weighted by Crippen LogP contribution is 2.20. The minimum Gasteiger partial charge on any atom is -0.336 e. The van der Waals surface area contributed by atoms with E-state index in [1.807, 2.05) is 35.2 Å². The second-order valence-electron chi connectivity index (χ2n) is 8.15. The third-order valence-corrected chi connectivity index (χ3v) is 5.73. The largest absolute Gasteiger partial charge is 0.336 e. The van der Waals surface area contributed by atoms with Gasteiger partial charge >= 0.3 is 0 Å². The number of piperidine rings is 1. The summed E-state index contributed by atoms with van der Waals surface area (Å²) in [4.78, 5) is 28.5. The third kappa shape index (κ3) is 5.38. The SMILES string of the molecule is CC1CCCCN1C(=O)c1ccc(NC(=O)CCCn2nnc(-c3ccccc3)n2)cc1. The molecule has 0 spiro atoms. The summed E-state index contributed by atoms with van der Waals surface area (Å²) in [5.41, 5.74) is 2.25. The number of carbonyl (C=O) groups excluding carboxylic acids is 2. The molecule has 32 heavy (non-hydrogen) atoms. The van der Waals surface area contributed by atoms with Crippen molar-refractivity contribution in [3.63, 3.8) is 0 Å². The molecule has 166 valence electrons. The van der Waals surface area contributed by atoms with Gasteiger partial charge in [0.25, 0.3) is 5.91 Å². The lowest BCUT2D eigenvalue weighted by Crippen LogP contribution is -2.42. The molecule has 1 unspecified atom stereocenters. The lowest BCUT2D eigenvalue weighted by atomic mass is 10.0. The molecular formula is C24H28N6O2. The van der Waals surface area contributed by atoms with Crippen LogP contribution in [0.3, 0.4) is 0 Å². The summed E-state index contributed by atoms with van der Waals surface area (Å²) in [7, 11) is 0. The molecule has 4 rings (SSSR count). The van der Waals surface area contributed by atoms with Crippen molar-refractivity contribution in [2.45, 2.75) is 51.6 Å². The van der Waals surface area contributed by atoms with Gasteiger partial charge in [0.15, 0.2) is 0 Å². The number of nitrogens with zero attached hydrogens (tertiary/aromatic N) is 5. The summed E-state index contributed by atoms with van der Waals surface area (Å²) >= 11 is 0. The minimum atomic E-state index is -0.0860. The number of hydrogen-bond donors (Lipinski definition) is 1. The number of benzene rings is 2. The van der Waals surface area contributed by atoms with Gasteiger partial charge in [-0.1, -0.05) is 30.3 Å². The Kier molecular flexibility index (Phi) is 6.89. The van der Waals surface area contributed by atoms with E-state index in [0.29, 0.717) is 36.5 Å². The van der Waals surface area contributed by atoms with Gasteiger partial charge in [-0.25, -0.2) is 0 Å². The second-order valence-corrected chi connectivity index (χ2v) is 8.15. The molecule has 1 aromatic heterocycles. The Balaban J connectivity index is 1.24. The molecule has 8 heteroatoms. The van der Waals surface area contributed by atoms with E-state index in [1.165, 1.54) is 11.2 Å². The Morgan fingerprint density at radius 3 is 2.59 bits per heavy atom. The third-order valence-electron chi connectivity index (χ3n) is 5.73. The van der Waals surface area contributed by atoms with Gasteiger partial charge in [-0.3, -0.25) is 9.59 Å². The first-order valence-corrected chi connectivity index (χ1v) is 11.1.